The first kappa shape index (κ1) is 33.7. The van der Waals surface area contributed by atoms with E-state index >= 15 is 0 Å². The van der Waals surface area contributed by atoms with Crippen LogP contribution in [0.1, 0.15) is 80.6 Å². The van der Waals surface area contributed by atoms with Gasteiger partial charge in [-0.25, -0.2) is 4.79 Å². The number of aromatic nitrogens is 3. The molecule has 1 amide bonds. The van der Waals surface area contributed by atoms with Crippen LogP contribution in [0.25, 0.3) is 5.69 Å². The second-order valence-corrected chi connectivity index (χ2v) is 12.7. The molecule has 2 aromatic carbocycles. The number of fused-ring (bicyclic) bond motifs is 3. The van der Waals surface area contributed by atoms with Gasteiger partial charge in [0.1, 0.15) is 30.2 Å². The second-order valence-electron chi connectivity index (χ2n) is 12.3. The standard InChI is InChI=1S/C32H36ClF3N4O6/c1-18-21(7-6-8-24(18)43-5)28-22-15-19(33)9-10-23(22)40-29(37-38-30(40)32(34,35)36)25(45-28)16-26(41)39-13-11-20(12-14-39)44-17-27(42)46-31(2,3)4/h6-10,15,20,25,28H,11-14,16-17H2,1-5H3/t25-,28-/m1/s1. The van der Waals surface area contributed by atoms with Crippen molar-refractivity contribution in [3.63, 3.8) is 0 Å². The number of hydrogen-bond donors (Lipinski definition) is 0. The third-order valence-electron chi connectivity index (χ3n) is 7.88. The monoisotopic (exact) mass is 664 g/mol. The highest BCUT2D eigenvalue weighted by atomic mass is 35.5. The number of alkyl halides is 3. The van der Waals surface area contributed by atoms with Crippen LogP contribution >= 0.6 is 11.6 Å². The molecule has 3 heterocycles. The Labute approximate surface area is 269 Å². The number of hydrogen-bond acceptors (Lipinski definition) is 8. The number of amides is 1. The zero-order valence-corrected chi connectivity index (χ0v) is 26.9. The lowest BCUT2D eigenvalue weighted by atomic mass is 9.95. The minimum atomic E-state index is -4.84. The molecule has 1 aromatic heterocycles. The molecule has 1 saturated heterocycles. The molecule has 3 aromatic rings. The Kier molecular flexibility index (Phi) is 9.67. The predicted molar refractivity (Wildman–Crippen MR) is 161 cm³/mol. The fraction of sp³-hybridized carbons (Fsp3) is 0.500. The number of benzene rings is 2. The number of carbonyl (C=O) groups is 2. The maximum atomic E-state index is 14.3. The van der Waals surface area contributed by atoms with Gasteiger partial charge in [-0.05, 0) is 75.9 Å². The quantitative estimate of drug-likeness (QED) is 0.277. The molecule has 0 radical (unpaired) electrons. The van der Waals surface area contributed by atoms with E-state index < -0.39 is 35.8 Å². The first-order valence-corrected chi connectivity index (χ1v) is 15.3. The summed E-state index contributed by atoms with van der Waals surface area (Å²) in [5, 5.41) is 7.70. The van der Waals surface area contributed by atoms with Crippen LogP contribution in [0.4, 0.5) is 13.2 Å². The van der Waals surface area contributed by atoms with Crippen LogP contribution in [0.2, 0.25) is 5.02 Å². The van der Waals surface area contributed by atoms with Gasteiger partial charge in [0, 0.05) is 23.7 Å². The summed E-state index contributed by atoms with van der Waals surface area (Å²) in [5.74, 6) is -1.62. The first-order chi connectivity index (χ1) is 21.7. The Morgan fingerprint density at radius 2 is 1.78 bits per heavy atom. The van der Waals surface area contributed by atoms with E-state index in [-0.39, 0.29) is 36.6 Å². The van der Waals surface area contributed by atoms with E-state index in [2.05, 4.69) is 10.2 Å². The zero-order valence-electron chi connectivity index (χ0n) is 26.2. The lowest BCUT2D eigenvalue weighted by Crippen LogP contribution is -2.42. The van der Waals surface area contributed by atoms with Crippen LogP contribution in [0.5, 0.6) is 5.75 Å². The van der Waals surface area contributed by atoms with Crippen LogP contribution in [-0.4, -0.2) is 70.1 Å². The highest BCUT2D eigenvalue weighted by Crippen LogP contribution is 2.45. The van der Waals surface area contributed by atoms with Crippen LogP contribution in [0.3, 0.4) is 0 Å². The number of nitrogens with zero attached hydrogens (tertiary/aromatic N) is 4. The second kappa shape index (κ2) is 13.2. The van der Waals surface area contributed by atoms with Crippen LogP contribution in [-0.2, 0) is 30.0 Å². The molecular weight excluding hydrogens is 629 g/mol. The predicted octanol–water partition coefficient (Wildman–Crippen LogP) is 6.16. The molecule has 1 fully saturated rings. The van der Waals surface area contributed by atoms with Gasteiger partial charge in [-0.1, -0.05) is 23.7 Å². The molecule has 0 aliphatic carbocycles. The molecule has 14 heteroatoms. The van der Waals surface area contributed by atoms with Gasteiger partial charge in [0.05, 0.1) is 25.3 Å². The van der Waals surface area contributed by atoms with Gasteiger partial charge < -0.3 is 23.8 Å². The van der Waals surface area contributed by atoms with Crippen molar-refractivity contribution in [2.45, 2.75) is 77.0 Å². The van der Waals surface area contributed by atoms with Gasteiger partial charge >= 0.3 is 12.1 Å². The first-order valence-electron chi connectivity index (χ1n) is 14.9. The minimum Gasteiger partial charge on any atom is -0.496 e. The summed E-state index contributed by atoms with van der Waals surface area (Å²) in [5.41, 5.74) is 1.22. The SMILES string of the molecule is COc1cccc([C@H]2O[C@H](CC(=O)N3CCC(OCC(=O)OC(C)(C)C)CC3)c3nnc(C(F)(F)F)n3-c3ccc(Cl)cc32)c1C. The van der Waals surface area contributed by atoms with Crippen molar-refractivity contribution in [2.24, 2.45) is 0 Å². The number of esters is 1. The Bertz CT molecular complexity index is 1600. The van der Waals surface area contributed by atoms with Crippen LogP contribution in [0.15, 0.2) is 36.4 Å². The normalized spacial score (nSPS) is 18.8. The number of piperidine rings is 1. The molecule has 0 saturated carbocycles. The topological polar surface area (TPSA) is 105 Å². The molecule has 46 heavy (non-hydrogen) atoms. The molecular formula is C32H36ClF3N4O6. The van der Waals surface area contributed by atoms with Crippen molar-refractivity contribution in [1.82, 2.24) is 19.7 Å². The van der Waals surface area contributed by atoms with Crippen molar-refractivity contribution in [1.29, 1.82) is 0 Å². The van der Waals surface area contributed by atoms with Crippen molar-refractivity contribution in [2.75, 3.05) is 26.8 Å². The molecule has 5 rings (SSSR count). The summed E-state index contributed by atoms with van der Waals surface area (Å²) < 4.78 is 66.9. The Hall–Kier alpha value is -3.68. The fourth-order valence-electron chi connectivity index (χ4n) is 5.80. The lowest BCUT2D eigenvalue weighted by molar-refractivity contribution is -0.163. The molecule has 248 valence electrons. The number of carbonyl (C=O) groups excluding carboxylic acids is 2. The Morgan fingerprint density at radius 3 is 2.43 bits per heavy atom. The zero-order chi connectivity index (χ0) is 33.4. The molecule has 2 aliphatic rings. The van der Waals surface area contributed by atoms with Gasteiger partial charge in [-0.15, -0.1) is 10.2 Å². The van der Waals surface area contributed by atoms with Crippen molar-refractivity contribution in [3.05, 3.63) is 69.8 Å². The highest BCUT2D eigenvalue weighted by molar-refractivity contribution is 6.30. The summed E-state index contributed by atoms with van der Waals surface area (Å²) in [7, 11) is 1.52. The number of rotatable bonds is 7. The maximum absolute atomic E-state index is 14.3. The van der Waals surface area contributed by atoms with E-state index in [1.54, 1.807) is 49.9 Å². The van der Waals surface area contributed by atoms with Gasteiger partial charge in [0.2, 0.25) is 11.7 Å². The Morgan fingerprint density at radius 1 is 1.07 bits per heavy atom. The van der Waals surface area contributed by atoms with Crippen molar-refractivity contribution < 1.29 is 41.7 Å². The van der Waals surface area contributed by atoms with Crippen molar-refractivity contribution in [3.8, 4) is 11.4 Å². The number of halogens is 4. The van der Waals surface area contributed by atoms with Gasteiger partial charge in [-0.2, -0.15) is 13.2 Å². The van der Waals surface area contributed by atoms with E-state index in [4.69, 9.17) is 30.5 Å². The summed E-state index contributed by atoms with van der Waals surface area (Å²) in [6, 6.07) is 9.84. The summed E-state index contributed by atoms with van der Waals surface area (Å²) >= 11 is 6.37. The third kappa shape index (κ3) is 7.31. The summed E-state index contributed by atoms with van der Waals surface area (Å²) in [4.78, 5) is 27.3. The average Bonchev–Trinajstić information content (AvgIpc) is 3.39. The van der Waals surface area contributed by atoms with Crippen LogP contribution < -0.4 is 4.74 Å². The number of methoxy groups -OCH3 is 1. The highest BCUT2D eigenvalue weighted by Gasteiger charge is 2.44. The molecule has 10 nitrogen and oxygen atoms in total. The van der Waals surface area contributed by atoms with E-state index in [0.717, 1.165) is 4.57 Å². The van der Waals surface area contributed by atoms with Gasteiger partial charge in [0.25, 0.3) is 0 Å². The minimum absolute atomic E-state index is 0.141. The third-order valence-corrected chi connectivity index (χ3v) is 8.12. The number of likely N-dealkylation sites (tertiary alicyclic amines) is 1. The summed E-state index contributed by atoms with van der Waals surface area (Å²) in [6.07, 6.45) is -6.54. The molecule has 0 bridgehead atoms. The summed E-state index contributed by atoms with van der Waals surface area (Å²) in [6.45, 7) is 7.61. The van der Waals surface area contributed by atoms with E-state index in [9.17, 15) is 22.8 Å². The van der Waals surface area contributed by atoms with Crippen LogP contribution in [0, 0.1) is 6.92 Å². The maximum Gasteiger partial charge on any atom is 0.452 e. The van der Waals surface area contributed by atoms with E-state index in [0.29, 0.717) is 53.4 Å². The molecule has 0 spiro atoms. The molecule has 0 unspecified atom stereocenters. The number of ether oxygens (including phenoxy) is 4. The average molecular weight is 665 g/mol. The van der Waals surface area contributed by atoms with E-state index in [1.807, 2.05) is 6.92 Å². The van der Waals surface area contributed by atoms with Crippen molar-refractivity contribution >= 4 is 23.5 Å². The van der Waals surface area contributed by atoms with Gasteiger partial charge in [-0.3, -0.25) is 9.36 Å². The van der Waals surface area contributed by atoms with E-state index in [1.165, 1.54) is 19.2 Å². The molecule has 0 N–H and O–H groups in total. The molecule has 2 atom stereocenters. The molecule has 2 aliphatic heterocycles. The fourth-order valence-corrected chi connectivity index (χ4v) is 5.98. The largest absolute Gasteiger partial charge is 0.496 e. The Balaban J connectivity index is 1.43. The smallest absolute Gasteiger partial charge is 0.452 e. The lowest BCUT2D eigenvalue weighted by Gasteiger charge is -2.33. The van der Waals surface area contributed by atoms with Gasteiger partial charge in [0.15, 0.2) is 5.82 Å².